The number of aliphatic hydroxyl groups excluding tert-OH is 2. The summed E-state index contributed by atoms with van der Waals surface area (Å²) < 4.78 is 24.2. The second-order valence-corrected chi connectivity index (χ2v) is 20.6. The molecule has 0 aromatic carbocycles. The van der Waals surface area contributed by atoms with E-state index in [9.17, 15) is 48.3 Å². The van der Waals surface area contributed by atoms with Crippen LogP contribution in [0.5, 0.6) is 0 Å². The van der Waals surface area contributed by atoms with E-state index in [2.05, 4.69) is 21.3 Å². The molecule has 17 nitrogen and oxygen atoms in total. The van der Waals surface area contributed by atoms with Crippen LogP contribution in [0.3, 0.4) is 0 Å². The van der Waals surface area contributed by atoms with Gasteiger partial charge in [0.15, 0.2) is 8.03 Å². The third-order valence-corrected chi connectivity index (χ3v) is 14.6. The van der Waals surface area contributed by atoms with E-state index in [1.165, 1.54) is 6.42 Å². The van der Waals surface area contributed by atoms with E-state index in [0.29, 0.717) is 6.42 Å². The molecule has 0 radical (unpaired) electrons. The number of hydrogen-bond donors (Lipinski definition) is 10. The first-order valence-electron chi connectivity index (χ1n) is 20.7. The Kier molecular flexibility index (Phi) is 27.5. The summed E-state index contributed by atoms with van der Waals surface area (Å²) in [6.07, 6.45) is 9.26. The number of hydrogen-bond acceptors (Lipinski definition) is 10. The molecule has 14 N–H and O–H groups in total. The van der Waals surface area contributed by atoms with Crippen molar-refractivity contribution < 1.29 is 53.8 Å². The highest BCUT2D eigenvalue weighted by Gasteiger charge is 2.32. The number of nitrogens with one attached hydrogen (secondary N) is 4. The van der Waals surface area contributed by atoms with Gasteiger partial charge in [-0.05, 0) is 61.7 Å². The lowest BCUT2D eigenvalue weighted by Gasteiger charge is -2.29. The Balaban J connectivity index is 0.00000109. The molecule has 336 valence electrons. The maximum absolute atomic E-state index is 12.6. The van der Waals surface area contributed by atoms with E-state index < -0.39 is 75.0 Å². The molecule has 0 spiro atoms. The second kappa shape index (κ2) is 28.5. The molecule has 2 fully saturated rings. The summed E-state index contributed by atoms with van der Waals surface area (Å²) in [6.45, 7) is 10.7. The van der Waals surface area contributed by atoms with Gasteiger partial charge < -0.3 is 58.2 Å². The van der Waals surface area contributed by atoms with Crippen molar-refractivity contribution in [3.8, 4) is 0 Å². The Morgan fingerprint density at radius 2 is 1.28 bits per heavy atom. The highest BCUT2D eigenvalue weighted by molar-refractivity contribution is 7.58. The number of aliphatic hydroxyl groups is 2. The van der Waals surface area contributed by atoms with Crippen LogP contribution in [0.15, 0.2) is 0 Å². The average Bonchev–Trinajstić information content (AvgIpc) is 3.15. The number of carbonyl (C=O) groups excluding carboxylic acids is 4. The number of rotatable bonds is 22. The third kappa shape index (κ3) is 22.3. The normalized spacial score (nSPS) is 20.5. The van der Waals surface area contributed by atoms with Gasteiger partial charge >= 0.3 is 0 Å². The van der Waals surface area contributed by atoms with Crippen LogP contribution < -0.4 is 32.7 Å². The molecular formula is C38H78N6O11P2. The zero-order chi connectivity index (χ0) is 42.6. The predicted molar refractivity (Wildman–Crippen MR) is 224 cm³/mol. The van der Waals surface area contributed by atoms with Gasteiger partial charge in [-0.3, -0.25) is 28.3 Å². The monoisotopic (exact) mass is 857 g/mol. The molecule has 0 aliphatic heterocycles. The van der Waals surface area contributed by atoms with Gasteiger partial charge in [-0.1, -0.05) is 86.5 Å². The molecular weight excluding hydrogens is 778 g/mol. The van der Waals surface area contributed by atoms with Crippen LogP contribution in [-0.2, 0) is 28.3 Å². The van der Waals surface area contributed by atoms with Gasteiger partial charge in [0.05, 0.1) is 37.0 Å². The van der Waals surface area contributed by atoms with E-state index in [1.54, 1.807) is 0 Å². The highest BCUT2D eigenvalue weighted by Crippen LogP contribution is 2.46. The number of carbonyl (C=O) groups is 4. The first kappa shape index (κ1) is 55.1. The summed E-state index contributed by atoms with van der Waals surface area (Å²) in [5.41, 5.74) is 11.2. The van der Waals surface area contributed by atoms with Crippen molar-refractivity contribution in [3.05, 3.63) is 0 Å². The van der Waals surface area contributed by atoms with Crippen molar-refractivity contribution in [3.63, 3.8) is 0 Å². The minimum absolute atomic E-state index is 0. The van der Waals surface area contributed by atoms with Crippen molar-refractivity contribution in [2.24, 2.45) is 41.1 Å². The second-order valence-electron chi connectivity index (χ2n) is 16.8. The molecule has 2 aliphatic rings. The summed E-state index contributed by atoms with van der Waals surface area (Å²) in [5, 5.41) is 30.7. The van der Waals surface area contributed by atoms with E-state index in [4.69, 9.17) is 11.5 Å². The molecule has 4 amide bonds. The summed E-state index contributed by atoms with van der Waals surface area (Å²) >= 11 is 0. The fourth-order valence-electron chi connectivity index (χ4n) is 7.11. The molecule has 57 heavy (non-hydrogen) atoms. The molecule has 2 rings (SSSR count). The Morgan fingerprint density at radius 1 is 0.772 bits per heavy atom. The largest absolute Gasteiger partial charge is 0.412 e. The molecule has 2 saturated carbocycles. The Hall–Kier alpha value is -1.94. The summed E-state index contributed by atoms with van der Waals surface area (Å²) in [7, 11) is -6.20. The van der Waals surface area contributed by atoms with Crippen LogP contribution in [0, 0.1) is 29.6 Å². The molecule has 0 aromatic heterocycles. The Morgan fingerprint density at radius 3 is 1.79 bits per heavy atom. The molecule has 0 bridgehead atoms. The lowest BCUT2D eigenvalue weighted by molar-refractivity contribution is -0.131. The zero-order valence-corrected chi connectivity index (χ0v) is 37.1. The number of amides is 4. The van der Waals surface area contributed by atoms with Crippen LogP contribution in [0.1, 0.15) is 119 Å². The fourth-order valence-corrected chi connectivity index (χ4v) is 10.4. The van der Waals surface area contributed by atoms with Gasteiger partial charge in [-0.25, -0.2) is 0 Å². The van der Waals surface area contributed by atoms with Gasteiger partial charge in [0.2, 0.25) is 31.0 Å². The van der Waals surface area contributed by atoms with E-state index >= 15 is 0 Å². The van der Waals surface area contributed by atoms with Crippen molar-refractivity contribution in [2.75, 3.05) is 32.0 Å². The van der Waals surface area contributed by atoms with Crippen LogP contribution >= 0.6 is 15.4 Å². The van der Waals surface area contributed by atoms with Crippen molar-refractivity contribution in [1.82, 2.24) is 21.3 Å². The molecule has 9 atom stereocenters. The van der Waals surface area contributed by atoms with Crippen molar-refractivity contribution >= 4 is 39.0 Å². The predicted octanol–water partition coefficient (Wildman–Crippen LogP) is 1.37. The smallest absolute Gasteiger partial charge is 0.242 e. The maximum Gasteiger partial charge on any atom is 0.242 e. The zero-order valence-electron chi connectivity index (χ0n) is 35.2. The topological polar surface area (TPSA) is 315 Å². The van der Waals surface area contributed by atoms with Crippen molar-refractivity contribution in [1.29, 1.82) is 0 Å². The van der Waals surface area contributed by atoms with Gasteiger partial charge in [-0.15, -0.1) is 0 Å². The van der Waals surface area contributed by atoms with Crippen molar-refractivity contribution in [2.45, 2.75) is 155 Å². The third-order valence-electron chi connectivity index (χ3n) is 11.1. The average molecular weight is 857 g/mol. The van der Waals surface area contributed by atoms with Gasteiger partial charge in [0.25, 0.3) is 0 Å². The van der Waals surface area contributed by atoms with E-state index in [-0.39, 0.29) is 73.4 Å². The molecule has 2 aliphatic carbocycles. The SMILES string of the molecule is CC(C)[C@H](N)C(=O)NCC(=O)NC[C@H](O)CC(C1CCCCC1)[PH](=O)O.CCC(C)C(NC(=O)[C@@H](N)C(C)C)C(=O)NC[C@@H](O)CP(=O)(O)CC1CCCCC1.O. The molecule has 5 unspecified atom stereocenters. The van der Waals surface area contributed by atoms with Crippen LogP contribution in [0.2, 0.25) is 0 Å². The minimum Gasteiger partial charge on any atom is -0.412 e. The van der Waals surface area contributed by atoms with Crippen LogP contribution in [0.25, 0.3) is 0 Å². The van der Waals surface area contributed by atoms with E-state index in [1.807, 2.05) is 41.5 Å². The lowest BCUT2D eigenvalue weighted by Crippen LogP contribution is -2.55. The summed E-state index contributed by atoms with van der Waals surface area (Å²) in [4.78, 5) is 68.3. The fraction of sp³-hybridized carbons (Fsp3) is 0.895. The standard InChI is InChI=1S/C21H42N3O5P.C17H34N3O5P.H2O/c1-5-15(4)19(24-20(26)18(22)14(2)3)21(27)23-11-17(25)13-30(28,29)12-16-9-7-6-8-10-16;1-11(2)16(18)17(23)20-10-15(22)19-9-13(21)8-14(26(24)25)12-6-4-3-5-7-12;/h14-19,25H,5-13,22H2,1-4H3,(H,23,27)(H,24,26)(H,28,29);11-14,16,21,26H,3-10,18H2,1-2H3,(H,19,22)(H,20,23)(H,24,25);1H2/t15?,17-,18+,19?;13-,14?,16+;/m11./s1. The van der Waals surface area contributed by atoms with Gasteiger partial charge in [0, 0.05) is 24.9 Å². The lowest BCUT2D eigenvalue weighted by atomic mass is 9.85. The highest BCUT2D eigenvalue weighted by atomic mass is 31.2. The maximum atomic E-state index is 12.6. The van der Waals surface area contributed by atoms with Gasteiger partial charge in [0.1, 0.15) is 6.04 Å². The Labute approximate surface area is 341 Å². The van der Waals surface area contributed by atoms with Gasteiger partial charge in [-0.2, -0.15) is 0 Å². The molecule has 0 aromatic rings. The van der Waals surface area contributed by atoms with Crippen LogP contribution in [0.4, 0.5) is 0 Å². The molecule has 0 heterocycles. The summed E-state index contributed by atoms with van der Waals surface area (Å²) in [5.74, 6) is -1.44. The van der Waals surface area contributed by atoms with E-state index in [0.717, 1.165) is 57.8 Å². The molecule has 19 heteroatoms. The molecule has 0 saturated heterocycles. The quantitative estimate of drug-likeness (QED) is 0.0691. The van der Waals surface area contributed by atoms with Crippen LogP contribution in [-0.4, -0.2) is 117 Å². The number of nitrogens with two attached hydrogens (primary N) is 2. The first-order chi connectivity index (χ1) is 26.2. The minimum atomic E-state index is -3.46. The Bertz CT molecular complexity index is 1270. The first-order valence-corrected chi connectivity index (χ1v) is 24.2. The summed E-state index contributed by atoms with van der Waals surface area (Å²) in [6, 6.07) is -2.16.